The minimum absolute atomic E-state index is 0.189. The average Bonchev–Trinajstić information content (AvgIpc) is 3.40. The van der Waals surface area contributed by atoms with E-state index in [9.17, 15) is 15.2 Å². The molecule has 3 aromatic rings. The van der Waals surface area contributed by atoms with E-state index in [2.05, 4.69) is 11.1 Å². The average molecular weight is 466 g/mol. The van der Waals surface area contributed by atoms with Crippen LogP contribution in [0.15, 0.2) is 30.6 Å². The second-order valence-corrected chi connectivity index (χ2v) is 9.08. The fraction of sp³-hybridized carbons (Fsp3) is 0.435. The standard InChI is InChI=1S/C23H24ClN7O2/c1-14-11-31-20(27-22(14)29-12-15(10-25)19(32)13-29)9-17(28-31)18-6-2-3-8-30(18)23(33)21-16(24)5-4-7-26-21/h4-5,7,9,11,15,18-19,32H,2-3,6,8,12-13H2,1H3/t15-,18+,19+/m1/s1. The van der Waals surface area contributed by atoms with Crippen LogP contribution < -0.4 is 4.90 Å². The molecule has 2 fully saturated rings. The lowest BCUT2D eigenvalue weighted by Crippen LogP contribution is -2.39. The molecule has 5 heterocycles. The third kappa shape index (κ3) is 3.90. The highest BCUT2D eigenvalue weighted by molar-refractivity contribution is 6.33. The van der Waals surface area contributed by atoms with Crippen molar-refractivity contribution in [1.82, 2.24) is 24.5 Å². The van der Waals surface area contributed by atoms with Crippen molar-refractivity contribution in [2.45, 2.75) is 38.3 Å². The third-order valence-electron chi connectivity index (χ3n) is 6.44. The molecule has 33 heavy (non-hydrogen) atoms. The van der Waals surface area contributed by atoms with Crippen molar-refractivity contribution in [1.29, 1.82) is 5.26 Å². The molecule has 2 aliphatic rings. The number of aliphatic hydroxyl groups excluding tert-OH is 1. The molecule has 0 bridgehead atoms. The lowest BCUT2D eigenvalue weighted by Gasteiger charge is -2.34. The van der Waals surface area contributed by atoms with Crippen LogP contribution in [0.5, 0.6) is 0 Å². The van der Waals surface area contributed by atoms with Crippen molar-refractivity contribution in [3.05, 3.63) is 52.6 Å². The van der Waals surface area contributed by atoms with Crippen LogP contribution in [0.3, 0.4) is 0 Å². The van der Waals surface area contributed by atoms with Gasteiger partial charge in [0.25, 0.3) is 5.91 Å². The smallest absolute Gasteiger partial charge is 0.274 e. The first kappa shape index (κ1) is 21.6. The number of piperidine rings is 1. The molecule has 170 valence electrons. The van der Waals surface area contributed by atoms with Gasteiger partial charge in [-0.05, 0) is 38.3 Å². The summed E-state index contributed by atoms with van der Waals surface area (Å²) in [5.41, 5.74) is 2.59. The number of hydrogen-bond donors (Lipinski definition) is 1. The van der Waals surface area contributed by atoms with Crippen molar-refractivity contribution in [3.8, 4) is 6.07 Å². The zero-order valence-electron chi connectivity index (χ0n) is 18.2. The SMILES string of the molecule is Cc1cn2nc([C@@H]3CCCCN3C(=O)c3ncccc3Cl)cc2nc1N1C[C@@H](C#N)[C@@H](O)C1. The molecular formula is C23H24ClN7O2. The van der Waals surface area contributed by atoms with E-state index in [1.54, 1.807) is 22.8 Å². The molecule has 0 unspecified atom stereocenters. The molecule has 1 N–H and O–H groups in total. The first-order valence-electron chi connectivity index (χ1n) is 11.1. The Balaban J connectivity index is 1.47. The Morgan fingerprint density at radius 2 is 2.18 bits per heavy atom. The van der Waals surface area contributed by atoms with Gasteiger partial charge in [-0.2, -0.15) is 10.4 Å². The lowest BCUT2D eigenvalue weighted by molar-refractivity contribution is 0.0600. The first-order chi connectivity index (χ1) is 16.0. The summed E-state index contributed by atoms with van der Waals surface area (Å²) in [5.74, 6) is 0.117. The van der Waals surface area contributed by atoms with Crippen LogP contribution in [0.2, 0.25) is 5.02 Å². The molecule has 0 radical (unpaired) electrons. The van der Waals surface area contributed by atoms with Gasteiger partial charge < -0.3 is 14.9 Å². The van der Waals surface area contributed by atoms with E-state index in [1.165, 1.54) is 0 Å². The fourth-order valence-electron chi connectivity index (χ4n) is 4.75. The lowest BCUT2D eigenvalue weighted by atomic mass is 9.99. The molecule has 0 aliphatic carbocycles. The zero-order chi connectivity index (χ0) is 23.1. The quantitative estimate of drug-likeness (QED) is 0.633. The molecule has 3 aromatic heterocycles. The maximum atomic E-state index is 13.3. The molecule has 0 aromatic carbocycles. The number of rotatable bonds is 3. The second-order valence-electron chi connectivity index (χ2n) is 8.67. The molecule has 2 aliphatic heterocycles. The van der Waals surface area contributed by atoms with Gasteiger partial charge >= 0.3 is 0 Å². The number of fused-ring (bicyclic) bond motifs is 1. The summed E-state index contributed by atoms with van der Waals surface area (Å²) in [4.78, 5) is 26.0. The van der Waals surface area contributed by atoms with Gasteiger partial charge in [-0.1, -0.05) is 11.6 Å². The summed E-state index contributed by atoms with van der Waals surface area (Å²) in [6.07, 6.45) is 5.50. The Hall–Kier alpha value is -3.22. The van der Waals surface area contributed by atoms with Crippen LogP contribution in [-0.2, 0) is 0 Å². The maximum absolute atomic E-state index is 13.3. The molecule has 9 nitrogen and oxygen atoms in total. The summed E-state index contributed by atoms with van der Waals surface area (Å²) < 4.78 is 1.73. The van der Waals surface area contributed by atoms with E-state index < -0.39 is 12.0 Å². The zero-order valence-corrected chi connectivity index (χ0v) is 19.0. The van der Waals surface area contributed by atoms with Gasteiger partial charge in [0, 0.05) is 43.7 Å². The van der Waals surface area contributed by atoms with E-state index in [-0.39, 0.29) is 17.6 Å². The van der Waals surface area contributed by atoms with Gasteiger partial charge in [0.2, 0.25) is 0 Å². The highest BCUT2D eigenvalue weighted by Gasteiger charge is 2.34. The Morgan fingerprint density at radius 1 is 1.33 bits per heavy atom. The van der Waals surface area contributed by atoms with Gasteiger partial charge in [0.05, 0.1) is 34.8 Å². The van der Waals surface area contributed by atoms with E-state index in [4.69, 9.17) is 21.7 Å². The topological polar surface area (TPSA) is 111 Å². The van der Waals surface area contributed by atoms with Crippen LogP contribution >= 0.6 is 11.6 Å². The number of nitriles is 1. The number of carbonyl (C=O) groups excluding carboxylic acids is 1. The molecule has 10 heteroatoms. The largest absolute Gasteiger partial charge is 0.390 e. The molecule has 5 rings (SSSR count). The Bertz CT molecular complexity index is 1250. The Kier molecular flexibility index (Phi) is 5.64. The van der Waals surface area contributed by atoms with Gasteiger partial charge in [0.1, 0.15) is 11.5 Å². The highest BCUT2D eigenvalue weighted by atomic mass is 35.5. The van der Waals surface area contributed by atoms with Gasteiger partial charge in [-0.3, -0.25) is 4.79 Å². The molecule has 3 atom stereocenters. The van der Waals surface area contributed by atoms with E-state index in [0.717, 1.165) is 36.3 Å². The van der Waals surface area contributed by atoms with Crippen LogP contribution in [0.4, 0.5) is 5.82 Å². The first-order valence-corrected chi connectivity index (χ1v) is 11.4. The minimum atomic E-state index is -0.687. The van der Waals surface area contributed by atoms with Crippen LogP contribution in [0, 0.1) is 24.2 Å². The number of hydrogen-bond acceptors (Lipinski definition) is 7. The van der Waals surface area contributed by atoms with E-state index in [0.29, 0.717) is 30.3 Å². The van der Waals surface area contributed by atoms with Crippen LogP contribution in [0.25, 0.3) is 5.65 Å². The molecule has 0 spiro atoms. The summed E-state index contributed by atoms with van der Waals surface area (Å²) in [6, 6.07) is 7.26. The number of halogens is 1. The fourth-order valence-corrected chi connectivity index (χ4v) is 4.95. The highest BCUT2D eigenvalue weighted by Crippen LogP contribution is 2.33. The Morgan fingerprint density at radius 3 is 2.94 bits per heavy atom. The molecule has 1 amide bonds. The number of aryl methyl sites for hydroxylation is 1. The number of carbonyl (C=O) groups is 1. The molecule has 2 saturated heterocycles. The second kappa shape index (κ2) is 8.61. The number of nitrogens with zero attached hydrogens (tertiary/aromatic N) is 7. The van der Waals surface area contributed by atoms with Gasteiger partial charge in [-0.25, -0.2) is 14.5 Å². The number of pyridine rings is 1. The minimum Gasteiger partial charge on any atom is -0.390 e. The molecular weight excluding hydrogens is 442 g/mol. The van der Waals surface area contributed by atoms with Gasteiger partial charge in [-0.15, -0.1) is 0 Å². The van der Waals surface area contributed by atoms with Crippen molar-refractivity contribution < 1.29 is 9.90 Å². The third-order valence-corrected chi connectivity index (χ3v) is 6.75. The number of likely N-dealkylation sites (tertiary alicyclic amines) is 1. The van der Waals surface area contributed by atoms with Crippen LogP contribution in [0.1, 0.15) is 47.1 Å². The Labute approximate surface area is 196 Å². The van der Waals surface area contributed by atoms with Crippen molar-refractivity contribution >= 4 is 29.0 Å². The monoisotopic (exact) mass is 465 g/mol. The predicted octanol–water partition coefficient (Wildman–Crippen LogP) is 2.77. The molecule has 0 saturated carbocycles. The normalized spacial score (nSPS) is 23.2. The number of anilines is 1. The van der Waals surface area contributed by atoms with E-state index in [1.807, 2.05) is 29.0 Å². The predicted molar refractivity (Wildman–Crippen MR) is 122 cm³/mol. The number of β-amino-alcohol motifs (C(OH)–C–C–N with tert-alkyl or cyclic N) is 1. The number of aromatic nitrogens is 4. The van der Waals surface area contributed by atoms with E-state index >= 15 is 0 Å². The van der Waals surface area contributed by atoms with Gasteiger partial charge in [0.15, 0.2) is 5.65 Å². The van der Waals surface area contributed by atoms with Crippen molar-refractivity contribution in [3.63, 3.8) is 0 Å². The van der Waals surface area contributed by atoms with Crippen molar-refractivity contribution in [2.75, 3.05) is 24.5 Å². The summed E-state index contributed by atoms with van der Waals surface area (Å²) in [7, 11) is 0. The summed E-state index contributed by atoms with van der Waals surface area (Å²) in [5, 5.41) is 24.5. The number of amides is 1. The van der Waals surface area contributed by atoms with Crippen LogP contribution in [-0.4, -0.2) is 61.2 Å². The summed E-state index contributed by atoms with van der Waals surface area (Å²) >= 11 is 6.24. The summed E-state index contributed by atoms with van der Waals surface area (Å²) in [6.45, 7) is 3.37. The van der Waals surface area contributed by atoms with Crippen molar-refractivity contribution in [2.24, 2.45) is 5.92 Å². The number of aliphatic hydroxyl groups is 1. The maximum Gasteiger partial charge on any atom is 0.274 e.